The van der Waals surface area contributed by atoms with Gasteiger partial charge in [0.1, 0.15) is 5.75 Å². The Morgan fingerprint density at radius 1 is 1.38 bits per heavy atom. The first-order chi connectivity index (χ1) is 10.1. The van der Waals surface area contributed by atoms with Crippen molar-refractivity contribution in [2.75, 3.05) is 25.6 Å². The van der Waals surface area contributed by atoms with Gasteiger partial charge in [0.05, 0.1) is 18.4 Å². The van der Waals surface area contributed by atoms with Gasteiger partial charge in [-0.2, -0.15) is 0 Å². The van der Waals surface area contributed by atoms with E-state index in [9.17, 15) is 9.59 Å². The molecule has 114 valence electrons. The highest BCUT2D eigenvalue weighted by Crippen LogP contribution is 2.27. The monoisotopic (exact) mass is 293 g/mol. The maximum Gasteiger partial charge on any atom is 0.335 e. The van der Waals surface area contributed by atoms with E-state index in [1.165, 1.54) is 19.2 Å². The molecule has 0 saturated carbocycles. The summed E-state index contributed by atoms with van der Waals surface area (Å²) in [5, 5.41) is 11.7. The SMILES string of the molecule is COc1cc(C(=O)O)ccc1NC(=O)CC1CCOCC1. The van der Waals surface area contributed by atoms with Gasteiger partial charge >= 0.3 is 5.97 Å². The Morgan fingerprint density at radius 3 is 2.71 bits per heavy atom. The molecule has 0 atom stereocenters. The van der Waals surface area contributed by atoms with E-state index in [2.05, 4.69) is 5.32 Å². The van der Waals surface area contributed by atoms with E-state index >= 15 is 0 Å². The summed E-state index contributed by atoms with van der Waals surface area (Å²) in [6, 6.07) is 4.38. The number of hydrogen-bond acceptors (Lipinski definition) is 4. The van der Waals surface area contributed by atoms with Gasteiger partial charge in [-0.05, 0) is 37.0 Å². The molecular weight excluding hydrogens is 274 g/mol. The molecule has 1 heterocycles. The van der Waals surface area contributed by atoms with Crippen LogP contribution in [0.3, 0.4) is 0 Å². The normalized spacial score (nSPS) is 15.5. The van der Waals surface area contributed by atoms with Gasteiger partial charge in [0, 0.05) is 19.6 Å². The molecule has 2 rings (SSSR count). The fourth-order valence-corrected chi connectivity index (χ4v) is 2.34. The molecule has 0 bridgehead atoms. The maximum atomic E-state index is 12.0. The van der Waals surface area contributed by atoms with E-state index in [1.807, 2.05) is 0 Å². The number of nitrogens with one attached hydrogen (secondary N) is 1. The molecule has 1 fully saturated rings. The van der Waals surface area contributed by atoms with Crippen LogP contribution >= 0.6 is 0 Å². The summed E-state index contributed by atoms with van der Waals surface area (Å²) < 4.78 is 10.4. The van der Waals surface area contributed by atoms with Crippen molar-refractivity contribution in [3.8, 4) is 5.75 Å². The van der Waals surface area contributed by atoms with E-state index < -0.39 is 5.97 Å². The molecule has 1 aliphatic heterocycles. The minimum absolute atomic E-state index is 0.0942. The van der Waals surface area contributed by atoms with Crippen molar-refractivity contribution < 1.29 is 24.2 Å². The number of rotatable bonds is 5. The van der Waals surface area contributed by atoms with Crippen LogP contribution in [0.5, 0.6) is 5.75 Å². The van der Waals surface area contributed by atoms with Gasteiger partial charge in [-0.3, -0.25) is 4.79 Å². The molecule has 6 heteroatoms. The van der Waals surface area contributed by atoms with Crippen molar-refractivity contribution in [2.45, 2.75) is 19.3 Å². The lowest BCUT2D eigenvalue weighted by atomic mass is 9.96. The van der Waals surface area contributed by atoms with Gasteiger partial charge in [-0.15, -0.1) is 0 Å². The van der Waals surface area contributed by atoms with Crippen LogP contribution in [-0.4, -0.2) is 37.3 Å². The zero-order valence-electron chi connectivity index (χ0n) is 11.9. The van der Waals surface area contributed by atoms with E-state index in [4.69, 9.17) is 14.6 Å². The predicted octanol–water partition coefficient (Wildman–Crippen LogP) is 2.15. The standard InChI is InChI=1S/C15H19NO5/c1-20-13-9-11(15(18)19)2-3-12(13)16-14(17)8-10-4-6-21-7-5-10/h2-3,9-10H,4-8H2,1H3,(H,16,17)(H,18,19). The maximum absolute atomic E-state index is 12.0. The van der Waals surface area contributed by atoms with Crippen molar-refractivity contribution in [1.29, 1.82) is 0 Å². The molecule has 1 aliphatic rings. The summed E-state index contributed by atoms with van der Waals surface area (Å²) in [6.07, 6.45) is 2.22. The molecule has 0 unspecified atom stereocenters. The van der Waals surface area contributed by atoms with Gasteiger partial charge in [0.15, 0.2) is 0 Å². The lowest BCUT2D eigenvalue weighted by molar-refractivity contribution is -0.117. The third-order valence-electron chi connectivity index (χ3n) is 3.54. The second kappa shape index (κ2) is 7.08. The van der Waals surface area contributed by atoms with Gasteiger partial charge in [0.2, 0.25) is 5.91 Å². The van der Waals surface area contributed by atoms with Crippen LogP contribution in [0.4, 0.5) is 5.69 Å². The van der Waals surface area contributed by atoms with Crippen LogP contribution in [0.1, 0.15) is 29.6 Å². The molecule has 21 heavy (non-hydrogen) atoms. The highest BCUT2D eigenvalue weighted by atomic mass is 16.5. The minimum atomic E-state index is -1.03. The van der Waals surface area contributed by atoms with Gasteiger partial charge in [0.25, 0.3) is 0 Å². The number of carbonyl (C=O) groups excluding carboxylic acids is 1. The zero-order valence-corrected chi connectivity index (χ0v) is 11.9. The molecule has 1 aromatic carbocycles. The number of carboxylic acids is 1. The topological polar surface area (TPSA) is 84.9 Å². The number of benzene rings is 1. The van der Waals surface area contributed by atoms with Crippen LogP contribution in [-0.2, 0) is 9.53 Å². The Labute approximate surface area is 123 Å². The quantitative estimate of drug-likeness (QED) is 0.869. The number of carbonyl (C=O) groups is 2. The summed E-state index contributed by atoms with van der Waals surface area (Å²) in [5.74, 6) is -0.449. The summed E-state index contributed by atoms with van der Waals surface area (Å²) in [6.45, 7) is 1.41. The van der Waals surface area contributed by atoms with Crippen molar-refractivity contribution >= 4 is 17.6 Å². The number of hydrogen-bond donors (Lipinski definition) is 2. The largest absolute Gasteiger partial charge is 0.495 e. The average molecular weight is 293 g/mol. The predicted molar refractivity (Wildman–Crippen MR) is 76.7 cm³/mol. The number of amides is 1. The Hall–Kier alpha value is -2.08. The van der Waals surface area contributed by atoms with Gasteiger partial charge < -0.3 is 19.9 Å². The van der Waals surface area contributed by atoms with Gasteiger partial charge in [-0.1, -0.05) is 0 Å². The van der Waals surface area contributed by atoms with Crippen LogP contribution in [0, 0.1) is 5.92 Å². The summed E-state index contributed by atoms with van der Waals surface area (Å²) in [5.41, 5.74) is 0.605. The molecule has 1 saturated heterocycles. The number of anilines is 1. The number of carboxylic acid groups (broad SMARTS) is 1. The summed E-state index contributed by atoms with van der Waals surface area (Å²) in [7, 11) is 1.44. The summed E-state index contributed by atoms with van der Waals surface area (Å²) >= 11 is 0. The third kappa shape index (κ3) is 4.19. The Kier molecular flexibility index (Phi) is 5.16. The highest BCUT2D eigenvalue weighted by Gasteiger charge is 2.18. The highest BCUT2D eigenvalue weighted by molar-refractivity contribution is 5.94. The third-order valence-corrected chi connectivity index (χ3v) is 3.54. The average Bonchev–Trinajstić information content (AvgIpc) is 2.48. The Morgan fingerprint density at radius 2 is 2.10 bits per heavy atom. The first-order valence-corrected chi connectivity index (χ1v) is 6.89. The van der Waals surface area contributed by atoms with Crippen molar-refractivity contribution in [3.05, 3.63) is 23.8 Å². The lowest BCUT2D eigenvalue weighted by Crippen LogP contribution is -2.22. The van der Waals surface area contributed by atoms with E-state index in [-0.39, 0.29) is 11.5 Å². The molecule has 0 aliphatic carbocycles. The second-order valence-electron chi connectivity index (χ2n) is 5.03. The Bertz CT molecular complexity index is 523. The van der Waals surface area contributed by atoms with Crippen molar-refractivity contribution in [2.24, 2.45) is 5.92 Å². The van der Waals surface area contributed by atoms with E-state index in [1.54, 1.807) is 6.07 Å². The second-order valence-corrected chi connectivity index (χ2v) is 5.03. The van der Waals surface area contributed by atoms with Crippen LogP contribution in [0.15, 0.2) is 18.2 Å². The minimum Gasteiger partial charge on any atom is -0.495 e. The van der Waals surface area contributed by atoms with Gasteiger partial charge in [-0.25, -0.2) is 4.79 Å². The molecule has 0 spiro atoms. The smallest absolute Gasteiger partial charge is 0.335 e. The fourth-order valence-electron chi connectivity index (χ4n) is 2.34. The molecule has 2 N–H and O–H groups in total. The molecule has 1 aromatic rings. The van der Waals surface area contributed by atoms with Crippen LogP contribution in [0.25, 0.3) is 0 Å². The van der Waals surface area contributed by atoms with Crippen LogP contribution in [0.2, 0.25) is 0 Å². The number of ether oxygens (including phenoxy) is 2. The zero-order chi connectivity index (χ0) is 15.2. The van der Waals surface area contributed by atoms with Crippen molar-refractivity contribution in [1.82, 2.24) is 0 Å². The van der Waals surface area contributed by atoms with E-state index in [0.717, 1.165) is 12.8 Å². The van der Waals surface area contributed by atoms with Crippen molar-refractivity contribution in [3.63, 3.8) is 0 Å². The molecular formula is C15H19NO5. The molecule has 0 aromatic heterocycles. The Balaban J connectivity index is 2.00. The molecule has 0 radical (unpaired) electrons. The first kappa shape index (κ1) is 15.3. The van der Waals surface area contributed by atoms with Crippen LogP contribution < -0.4 is 10.1 Å². The number of methoxy groups -OCH3 is 1. The van der Waals surface area contributed by atoms with E-state index in [0.29, 0.717) is 37.0 Å². The summed E-state index contributed by atoms with van der Waals surface area (Å²) in [4.78, 5) is 23.0. The lowest BCUT2D eigenvalue weighted by Gasteiger charge is -2.21. The first-order valence-electron chi connectivity index (χ1n) is 6.89. The molecule has 1 amide bonds. The molecule has 6 nitrogen and oxygen atoms in total. The fraction of sp³-hybridized carbons (Fsp3) is 0.467. The number of aromatic carboxylic acids is 1.